The molecular formula is C23H18N2O8S. The number of rotatable bonds is 5. The van der Waals surface area contributed by atoms with Crippen LogP contribution in [0.15, 0.2) is 87.5 Å². The van der Waals surface area contributed by atoms with Crippen molar-refractivity contribution in [2.45, 2.75) is 4.90 Å². The van der Waals surface area contributed by atoms with Crippen LogP contribution in [0.25, 0.3) is 22.6 Å². The molecule has 34 heavy (non-hydrogen) atoms. The number of fused-ring (bicyclic) bond motifs is 1. The van der Waals surface area contributed by atoms with Crippen molar-refractivity contribution in [2.75, 3.05) is 19.1 Å². The average molecular weight is 482 g/mol. The summed E-state index contributed by atoms with van der Waals surface area (Å²) in [7, 11) is -2.25. The van der Waals surface area contributed by atoms with E-state index in [9.17, 15) is 22.6 Å². The summed E-state index contributed by atoms with van der Waals surface area (Å²) in [5.74, 6) is -1.61. The Labute approximate surface area is 194 Å². The van der Waals surface area contributed by atoms with Gasteiger partial charge in [0, 0.05) is 6.20 Å². The Hall–Kier alpha value is -4.22. The second-order valence-corrected chi connectivity index (χ2v) is 8.38. The lowest BCUT2D eigenvalue weighted by molar-refractivity contribution is -0.139. The molecule has 0 aliphatic carbocycles. The summed E-state index contributed by atoms with van der Waals surface area (Å²) in [5, 5.41) is 0. The van der Waals surface area contributed by atoms with E-state index in [1.54, 1.807) is 30.3 Å². The lowest BCUT2D eigenvalue weighted by Crippen LogP contribution is -2.27. The first-order valence-corrected chi connectivity index (χ1v) is 11.2. The zero-order valence-corrected chi connectivity index (χ0v) is 18.8. The zero-order chi connectivity index (χ0) is 24.5. The number of hydrogen-bond acceptors (Lipinski definition) is 9. The lowest BCUT2D eigenvalue weighted by atomic mass is 10.1. The van der Waals surface area contributed by atoms with Crippen LogP contribution in [0.1, 0.15) is 0 Å². The van der Waals surface area contributed by atoms with E-state index in [0.717, 1.165) is 19.2 Å². The minimum atomic E-state index is -4.58. The molecule has 2 aromatic carbocycles. The van der Waals surface area contributed by atoms with Gasteiger partial charge < -0.3 is 18.8 Å². The number of allylic oxidation sites excluding steroid dienone is 2. The molecule has 0 bridgehead atoms. The summed E-state index contributed by atoms with van der Waals surface area (Å²) in [5.41, 5.74) is 1.02. The van der Waals surface area contributed by atoms with Gasteiger partial charge in [0.05, 0.1) is 35.9 Å². The van der Waals surface area contributed by atoms with E-state index in [-0.39, 0.29) is 28.4 Å². The minimum absolute atomic E-state index is 0.0242. The Kier molecular flexibility index (Phi) is 6.05. The number of oxazole rings is 1. The second-order valence-electron chi connectivity index (χ2n) is 6.96. The smallest absolute Gasteiger partial charge is 0.355 e. The second kappa shape index (κ2) is 8.96. The van der Waals surface area contributed by atoms with E-state index >= 15 is 0 Å². The minimum Gasteiger partial charge on any atom is -0.465 e. The highest BCUT2D eigenvalue weighted by atomic mass is 32.2. The molecule has 3 aromatic rings. The Balaban J connectivity index is 2.02. The Morgan fingerprint density at radius 3 is 2.44 bits per heavy atom. The largest absolute Gasteiger partial charge is 0.465 e. The van der Waals surface area contributed by atoms with Crippen LogP contribution in [-0.4, -0.2) is 44.1 Å². The summed E-state index contributed by atoms with van der Waals surface area (Å²) < 4.78 is 48.9. The molecule has 0 spiro atoms. The lowest BCUT2D eigenvalue weighted by Gasteiger charge is -2.25. The highest BCUT2D eigenvalue weighted by Crippen LogP contribution is 2.37. The molecule has 174 valence electrons. The van der Waals surface area contributed by atoms with Gasteiger partial charge in [-0.25, -0.2) is 14.6 Å². The highest BCUT2D eigenvalue weighted by Gasteiger charge is 2.30. The van der Waals surface area contributed by atoms with Crippen LogP contribution >= 0.6 is 0 Å². The van der Waals surface area contributed by atoms with Crippen molar-refractivity contribution >= 4 is 38.8 Å². The maximum atomic E-state index is 12.8. The third kappa shape index (κ3) is 4.21. The molecule has 0 saturated carbocycles. The Bertz CT molecular complexity index is 1470. The van der Waals surface area contributed by atoms with E-state index in [0.29, 0.717) is 11.1 Å². The van der Waals surface area contributed by atoms with Gasteiger partial charge >= 0.3 is 11.9 Å². The zero-order valence-electron chi connectivity index (χ0n) is 18.0. The van der Waals surface area contributed by atoms with Gasteiger partial charge in [-0.1, -0.05) is 18.2 Å². The summed E-state index contributed by atoms with van der Waals surface area (Å²) in [4.78, 5) is 30.6. The van der Waals surface area contributed by atoms with E-state index in [4.69, 9.17) is 13.9 Å². The van der Waals surface area contributed by atoms with Gasteiger partial charge in [-0.05, 0) is 42.5 Å². The van der Waals surface area contributed by atoms with Gasteiger partial charge in [0.2, 0.25) is 5.89 Å². The van der Waals surface area contributed by atoms with E-state index in [1.165, 1.54) is 36.4 Å². The first-order valence-electron chi connectivity index (χ1n) is 9.77. The highest BCUT2D eigenvalue weighted by molar-refractivity contribution is 7.85. The van der Waals surface area contributed by atoms with Crippen LogP contribution in [0, 0.1) is 0 Å². The fourth-order valence-corrected chi connectivity index (χ4v) is 3.90. The van der Waals surface area contributed by atoms with Crippen LogP contribution < -0.4 is 4.90 Å². The Morgan fingerprint density at radius 2 is 1.76 bits per heavy atom. The van der Waals surface area contributed by atoms with Crippen molar-refractivity contribution in [3.8, 4) is 11.5 Å². The molecule has 11 heteroatoms. The molecule has 10 nitrogen and oxygen atoms in total. The maximum absolute atomic E-state index is 12.8. The topological polar surface area (TPSA) is 136 Å². The van der Waals surface area contributed by atoms with Crippen LogP contribution in [0.5, 0.6) is 0 Å². The number of carbonyl (C=O) groups excluding carboxylic acids is 2. The number of anilines is 1. The molecular weight excluding hydrogens is 464 g/mol. The van der Waals surface area contributed by atoms with Gasteiger partial charge in [-0.15, -0.1) is 0 Å². The van der Waals surface area contributed by atoms with Crippen LogP contribution in [0.2, 0.25) is 0 Å². The van der Waals surface area contributed by atoms with Gasteiger partial charge in [0.1, 0.15) is 11.2 Å². The van der Waals surface area contributed by atoms with Crippen molar-refractivity contribution < 1.29 is 36.5 Å². The number of hydrogen-bond donors (Lipinski definition) is 1. The van der Waals surface area contributed by atoms with Gasteiger partial charge in [0.15, 0.2) is 5.58 Å². The van der Waals surface area contributed by atoms with Crippen molar-refractivity contribution in [1.82, 2.24) is 4.98 Å². The summed E-state index contributed by atoms with van der Waals surface area (Å²) >= 11 is 0. The van der Waals surface area contributed by atoms with Gasteiger partial charge in [0.25, 0.3) is 10.1 Å². The molecule has 0 atom stereocenters. The predicted octanol–water partition coefficient (Wildman–Crippen LogP) is 3.23. The molecule has 1 aliphatic rings. The third-order valence-electron chi connectivity index (χ3n) is 4.94. The van der Waals surface area contributed by atoms with Crippen molar-refractivity contribution in [3.05, 3.63) is 78.2 Å². The van der Waals surface area contributed by atoms with Gasteiger partial charge in [-0.3, -0.25) is 4.55 Å². The maximum Gasteiger partial charge on any atom is 0.355 e. The number of para-hydroxylation sites is 2. The quantitative estimate of drug-likeness (QED) is 0.426. The van der Waals surface area contributed by atoms with E-state index in [2.05, 4.69) is 4.98 Å². The third-order valence-corrected chi connectivity index (χ3v) is 5.79. The van der Waals surface area contributed by atoms with Crippen LogP contribution in [0.4, 0.5) is 5.69 Å². The standard InChI is InChI=1S/C23H18N2O8S/c1-31-22(26)15-7-5-6-12-25(20(15)23(27)32-2)18-11-10-14(34(28,29)30)13-16(18)21-24-17-8-3-4-9-19(17)33-21/h3-13H,1-2H3,(H,28,29,30). The van der Waals surface area contributed by atoms with Crippen LogP contribution in [0.3, 0.4) is 0 Å². The number of esters is 2. The monoisotopic (exact) mass is 482 g/mol. The number of benzene rings is 2. The predicted molar refractivity (Wildman–Crippen MR) is 121 cm³/mol. The van der Waals surface area contributed by atoms with E-state index in [1.807, 2.05) is 0 Å². The SMILES string of the molecule is COC(=O)C1=C(C(=O)OC)N(c2ccc(S(=O)(=O)O)cc2-c2nc3ccccc3o2)C=CC=C1. The number of methoxy groups -OCH3 is 2. The first-order chi connectivity index (χ1) is 16.2. The first kappa shape index (κ1) is 23.0. The number of carbonyl (C=O) groups is 2. The Morgan fingerprint density at radius 1 is 1.03 bits per heavy atom. The normalized spacial score (nSPS) is 13.8. The number of nitrogens with zero attached hydrogens (tertiary/aromatic N) is 2. The summed E-state index contributed by atoms with van der Waals surface area (Å²) in [6.07, 6.45) is 5.96. The summed E-state index contributed by atoms with van der Waals surface area (Å²) in [6.45, 7) is 0. The summed E-state index contributed by atoms with van der Waals surface area (Å²) in [6, 6.07) is 10.6. The molecule has 0 saturated heterocycles. The van der Waals surface area contributed by atoms with Gasteiger partial charge in [-0.2, -0.15) is 8.42 Å². The fraction of sp³-hybridized carbons (Fsp3) is 0.0870. The molecule has 1 aliphatic heterocycles. The van der Waals surface area contributed by atoms with E-state index < -0.39 is 27.0 Å². The molecule has 1 N–H and O–H groups in total. The number of aromatic nitrogens is 1. The van der Waals surface area contributed by atoms with Crippen molar-refractivity contribution in [2.24, 2.45) is 0 Å². The molecule has 0 radical (unpaired) electrons. The van der Waals surface area contributed by atoms with Crippen molar-refractivity contribution in [1.29, 1.82) is 0 Å². The number of ether oxygens (including phenoxy) is 2. The molecule has 0 amide bonds. The molecule has 2 heterocycles. The molecule has 0 unspecified atom stereocenters. The van der Waals surface area contributed by atoms with Crippen LogP contribution in [-0.2, 0) is 29.2 Å². The molecule has 4 rings (SSSR count). The fourth-order valence-electron chi connectivity index (χ4n) is 3.40. The molecule has 1 aromatic heterocycles. The average Bonchev–Trinajstić information content (AvgIpc) is 3.14. The molecule has 0 fully saturated rings. The van der Waals surface area contributed by atoms with Crippen molar-refractivity contribution in [3.63, 3.8) is 0 Å².